The fraction of sp³-hybridized carbons (Fsp3) is 0.250. The van der Waals surface area contributed by atoms with Crippen molar-refractivity contribution in [2.45, 2.75) is 19.4 Å². The van der Waals surface area contributed by atoms with Gasteiger partial charge in [0.1, 0.15) is 5.75 Å². The smallest absolute Gasteiger partial charge is 0.122 e. The predicted octanol–water partition coefficient (Wildman–Crippen LogP) is 4.17. The van der Waals surface area contributed by atoms with Crippen LogP contribution in [0.2, 0.25) is 5.02 Å². The van der Waals surface area contributed by atoms with E-state index in [1.807, 2.05) is 30.3 Å². The standard InChI is InChI=1S/C16H18BrClN2O/c1-10-3-6-16(21-2)11(7-10)8-15(20-19)13-5-4-12(18)9-14(13)17/h3-7,9,15,20H,8,19H2,1-2H3. The van der Waals surface area contributed by atoms with E-state index >= 15 is 0 Å². The lowest BCUT2D eigenvalue weighted by Gasteiger charge is -2.20. The molecule has 21 heavy (non-hydrogen) atoms. The monoisotopic (exact) mass is 368 g/mol. The molecule has 0 heterocycles. The minimum absolute atomic E-state index is 0.0349. The summed E-state index contributed by atoms with van der Waals surface area (Å²) in [5.41, 5.74) is 6.23. The van der Waals surface area contributed by atoms with Crippen LogP contribution in [0.25, 0.3) is 0 Å². The van der Waals surface area contributed by atoms with Gasteiger partial charge in [-0.1, -0.05) is 51.3 Å². The van der Waals surface area contributed by atoms with Gasteiger partial charge in [-0.3, -0.25) is 11.3 Å². The van der Waals surface area contributed by atoms with Crippen molar-refractivity contribution in [3.63, 3.8) is 0 Å². The van der Waals surface area contributed by atoms with Crippen molar-refractivity contribution in [1.82, 2.24) is 5.43 Å². The van der Waals surface area contributed by atoms with Crippen LogP contribution in [0.15, 0.2) is 40.9 Å². The summed E-state index contributed by atoms with van der Waals surface area (Å²) in [5, 5.41) is 0.689. The number of nitrogens with two attached hydrogens (primary N) is 1. The van der Waals surface area contributed by atoms with Crippen molar-refractivity contribution in [1.29, 1.82) is 0 Å². The number of benzene rings is 2. The number of rotatable bonds is 5. The number of hydrazine groups is 1. The molecular weight excluding hydrogens is 352 g/mol. The van der Waals surface area contributed by atoms with Gasteiger partial charge in [0.2, 0.25) is 0 Å². The Morgan fingerprint density at radius 1 is 1.29 bits per heavy atom. The Balaban J connectivity index is 2.33. The summed E-state index contributed by atoms with van der Waals surface area (Å²) < 4.78 is 6.36. The van der Waals surface area contributed by atoms with Crippen molar-refractivity contribution in [3.05, 3.63) is 62.6 Å². The first-order chi connectivity index (χ1) is 10.0. The molecular formula is C16H18BrClN2O. The molecule has 0 aliphatic rings. The van der Waals surface area contributed by atoms with E-state index in [2.05, 4.69) is 34.3 Å². The van der Waals surface area contributed by atoms with Gasteiger partial charge in [-0.2, -0.15) is 0 Å². The van der Waals surface area contributed by atoms with Gasteiger partial charge in [-0.05, 0) is 42.7 Å². The molecule has 3 nitrogen and oxygen atoms in total. The SMILES string of the molecule is COc1ccc(C)cc1CC(NN)c1ccc(Cl)cc1Br. The van der Waals surface area contributed by atoms with Gasteiger partial charge < -0.3 is 4.74 Å². The van der Waals surface area contributed by atoms with Crippen LogP contribution in [0.1, 0.15) is 22.7 Å². The highest BCUT2D eigenvalue weighted by molar-refractivity contribution is 9.10. The summed E-state index contributed by atoms with van der Waals surface area (Å²) in [6, 6.07) is 11.8. The van der Waals surface area contributed by atoms with Crippen LogP contribution in [0, 0.1) is 6.92 Å². The zero-order valence-electron chi connectivity index (χ0n) is 12.0. The molecule has 0 radical (unpaired) electrons. The molecule has 5 heteroatoms. The van der Waals surface area contributed by atoms with E-state index in [-0.39, 0.29) is 6.04 Å². The molecule has 0 aromatic heterocycles. The van der Waals surface area contributed by atoms with E-state index in [0.717, 1.165) is 27.8 Å². The van der Waals surface area contributed by atoms with Gasteiger partial charge in [-0.25, -0.2) is 0 Å². The van der Waals surface area contributed by atoms with Gasteiger partial charge in [0, 0.05) is 9.50 Å². The summed E-state index contributed by atoms with van der Waals surface area (Å²) in [6.07, 6.45) is 0.724. The second kappa shape index (κ2) is 7.27. The van der Waals surface area contributed by atoms with Crippen LogP contribution in [0.3, 0.4) is 0 Å². The Morgan fingerprint density at radius 3 is 2.67 bits per heavy atom. The summed E-state index contributed by atoms with van der Waals surface area (Å²) in [4.78, 5) is 0. The molecule has 0 fully saturated rings. The first-order valence-corrected chi connectivity index (χ1v) is 7.77. The molecule has 0 spiro atoms. The number of ether oxygens (including phenoxy) is 1. The molecule has 0 aliphatic heterocycles. The Bertz CT molecular complexity index is 634. The first kappa shape index (κ1) is 16.3. The Labute approximate surface area is 138 Å². The maximum atomic E-state index is 5.99. The molecule has 0 bridgehead atoms. The van der Waals surface area contributed by atoms with Crippen molar-refractivity contribution >= 4 is 27.5 Å². The highest BCUT2D eigenvalue weighted by Crippen LogP contribution is 2.31. The highest BCUT2D eigenvalue weighted by atomic mass is 79.9. The van der Waals surface area contributed by atoms with Crippen molar-refractivity contribution in [2.24, 2.45) is 5.84 Å². The van der Waals surface area contributed by atoms with Gasteiger partial charge in [0.25, 0.3) is 0 Å². The molecule has 3 N–H and O–H groups in total. The van der Waals surface area contributed by atoms with E-state index in [1.54, 1.807) is 7.11 Å². The predicted molar refractivity (Wildman–Crippen MR) is 90.7 cm³/mol. The number of aryl methyl sites for hydroxylation is 1. The molecule has 2 aromatic rings. The van der Waals surface area contributed by atoms with E-state index < -0.39 is 0 Å². The van der Waals surface area contributed by atoms with Gasteiger partial charge >= 0.3 is 0 Å². The van der Waals surface area contributed by atoms with Gasteiger partial charge in [0.15, 0.2) is 0 Å². The third-order valence-corrected chi connectivity index (χ3v) is 4.32. The normalized spacial score (nSPS) is 12.2. The van der Waals surface area contributed by atoms with E-state index in [4.69, 9.17) is 22.2 Å². The lowest BCUT2D eigenvalue weighted by molar-refractivity contribution is 0.405. The minimum atomic E-state index is -0.0349. The quantitative estimate of drug-likeness (QED) is 0.614. The third-order valence-electron chi connectivity index (χ3n) is 3.40. The fourth-order valence-electron chi connectivity index (χ4n) is 2.33. The zero-order chi connectivity index (χ0) is 15.4. The van der Waals surface area contributed by atoms with Crippen LogP contribution >= 0.6 is 27.5 Å². The number of nitrogens with one attached hydrogen (secondary N) is 1. The minimum Gasteiger partial charge on any atom is -0.496 e. The molecule has 1 atom stereocenters. The lowest BCUT2D eigenvalue weighted by atomic mass is 9.97. The van der Waals surface area contributed by atoms with Crippen LogP contribution in [0.5, 0.6) is 5.75 Å². The Kier molecular flexibility index (Phi) is 5.65. The van der Waals surface area contributed by atoms with E-state index in [9.17, 15) is 0 Å². The van der Waals surface area contributed by atoms with E-state index in [0.29, 0.717) is 5.02 Å². The maximum absolute atomic E-state index is 5.99. The first-order valence-electron chi connectivity index (χ1n) is 6.59. The molecule has 112 valence electrons. The molecule has 2 aromatic carbocycles. The van der Waals surface area contributed by atoms with Crippen LogP contribution < -0.4 is 16.0 Å². The third kappa shape index (κ3) is 3.98. The number of hydrogen-bond donors (Lipinski definition) is 2. The number of methoxy groups -OCH3 is 1. The average Bonchev–Trinajstić information content (AvgIpc) is 2.45. The average molecular weight is 370 g/mol. The summed E-state index contributed by atoms with van der Waals surface area (Å²) in [5.74, 6) is 6.61. The van der Waals surface area contributed by atoms with Gasteiger partial charge in [-0.15, -0.1) is 0 Å². The van der Waals surface area contributed by atoms with Gasteiger partial charge in [0.05, 0.1) is 13.2 Å². The zero-order valence-corrected chi connectivity index (χ0v) is 14.3. The summed E-state index contributed by atoms with van der Waals surface area (Å²) in [6.45, 7) is 2.06. The van der Waals surface area contributed by atoms with Crippen LogP contribution in [-0.4, -0.2) is 7.11 Å². The molecule has 0 aliphatic carbocycles. The van der Waals surface area contributed by atoms with Crippen molar-refractivity contribution < 1.29 is 4.74 Å². The van der Waals surface area contributed by atoms with Crippen LogP contribution in [0.4, 0.5) is 0 Å². The molecule has 1 unspecified atom stereocenters. The van der Waals surface area contributed by atoms with Crippen molar-refractivity contribution in [3.8, 4) is 5.75 Å². The topological polar surface area (TPSA) is 47.3 Å². The van der Waals surface area contributed by atoms with Crippen molar-refractivity contribution in [2.75, 3.05) is 7.11 Å². The lowest BCUT2D eigenvalue weighted by Crippen LogP contribution is -2.30. The highest BCUT2D eigenvalue weighted by Gasteiger charge is 2.16. The molecule has 0 saturated heterocycles. The Morgan fingerprint density at radius 2 is 2.05 bits per heavy atom. The largest absolute Gasteiger partial charge is 0.496 e. The summed E-state index contributed by atoms with van der Waals surface area (Å²) >= 11 is 9.53. The second-order valence-corrected chi connectivity index (χ2v) is 6.20. The molecule has 0 saturated carbocycles. The number of halogens is 2. The van der Waals surface area contributed by atoms with Crippen LogP contribution in [-0.2, 0) is 6.42 Å². The second-order valence-electron chi connectivity index (χ2n) is 4.90. The number of hydrogen-bond acceptors (Lipinski definition) is 3. The summed E-state index contributed by atoms with van der Waals surface area (Å²) in [7, 11) is 1.68. The Hall–Kier alpha value is -1.07. The fourth-order valence-corrected chi connectivity index (χ4v) is 3.29. The van der Waals surface area contributed by atoms with E-state index in [1.165, 1.54) is 5.56 Å². The molecule has 2 rings (SSSR count). The maximum Gasteiger partial charge on any atom is 0.122 e. The molecule has 0 amide bonds.